The van der Waals surface area contributed by atoms with E-state index in [0.29, 0.717) is 17.5 Å². The topological polar surface area (TPSA) is 34.0 Å². The van der Waals surface area contributed by atoms with Gasteiger partial charge in [0.1, 0.15) is 0 Å². The van der Waals surface area contributed by atoms with Crippen molar-refractivity contribution >= 4 is 17.5 Å². The third-order valence-electron chi connectivity index (χ3n) is 4.00. The molecule has 1 saturated carbocycles. The van der Waals surface area contributed by atoms with Gasteiger partial charge < -0.3 is 9.88 Å². The molecule has 1 fully saturated rings. The third kappa shape index (κ3) is 3.48. The van der Waals surface area contributed by atoms with Crippen LogP contribution in [0, 0.1) is 0 Å². The van der Waals surface area contributed by atoms with E-state index in [0.717, 1.165) is 24.2 Å². The molecule has 0 bridgehead atoms. The van der Waals surface area contributed by atoms with E-state index in [1.54, 1.807) is 0 Å². The summed E-state index contributed by atoms with van der Waals surface area (Å²) in [5.74, 6) is 0.107. The largest absolute Gasteiger partial charge is 0.353 e. The third-order valence-corrected chi connectivity index (χ3v) is 4.25. The minimum Gasteiger partial charge on any atom is -0.353 e. The van der Waals surface area contributed by atoms with Gasteiger partial charge in [0.15, 0.2) is 0 Å². The van der Waals surface area contributed by atoms with Crippen LogP contribution in [0.2, 0.25) is 5.02 Å². The number of rotatable bonds is 4. The van der Waals surface area contributed by atoms with E-state index in [9.17, 15) is 4.79 Å². The van der Waals surface area contributed by atoms with Crippen LogP contribution in [0.5, 0.6) is 0 Å². The first-order valence-electron chi connectivity index (χ1n) is 7.44. The molecule has 1 N–H and O–H groups in total. The fourth-order valence-electron chi connectivity index (χ4n) is 2.93. The fourth-order valence-corrected chi connectivity index (χ4v) is 3.05. The molecule has 3 rings (SSSR count). The number of hydrogen-bond donors (Lipinski definition) is 1. The first kappa shape index (κ1) is 14.2. The number of halogens is 1. The van der Waals surface area contributed by atoms with Crippen molar-refractivity contribution in [2.24, 2.45) is 0 Å². The smallest absolute Gasteiger partial charge is 0.226 e. The lowest BCUT2D eigenvalue weighted by Crippen LogP contribution is -2.34. The van der Waals surface area contributed by atoms with Crippen molar-refractivity contribution in [1.82, 2.24) is 9.88 Å². The van der Waals surface area contributed by atoms with Crippen LogP contribution in [0.1, 0.15) is 31.4 Å². The Morgan fingerprint density at radius 3 is 2.62 bits per heavy atom. The summed E-state index contributed by atoms with van der Waals surface area (Å²) in [5.41, 5.74) is 2.01. The quantitative estimate of drug-likeness (QED) is 0.917. The number of carbonyl (C=O) groups excluding carboxylic acids is 1. The standard InChI is InChI=1S/C17H19ClN2O/c18-13-7-9-15(10-8-13)20-11-3-6-16(20)12-17(21)19-14-4-1-2-5-14/h3,6-11,14H,1-2,4-5,12H2,(H,19,21). The van der Waals surface area contributed by atoms with E-state index < -0.39 is 0 Å². The van der Waals surface area contributed by atoms with Crippen LogP contribution in [-0.2, 0) is 11.2 Å². The molecule has 1 aromatic carbocycles. The van der Waals surface area contributed by atoms with E-state index in [1.807, 2.05) is 47.2 Å². The van der Waals surface area contributed by atoms with Gasteiger partial charge in [0, 0.05) is 28.6 Å². The number of aromatic nitrogens is 1. The maximum absolute atomic E-state index is 12.2. The summed E-state index contributed by atoms with van der Waals surface area (Å²) in [5, 5.41) is 3.85. The molecule has 110 valence electrons. The van der Waals surface area contributed by atoms with Crippen molar-refractivity contribution in [3.8, 4) is 5.69 Å². The molecule has 3 nitrogen and oxygen atoms in total. The molecule has 0 atom stereocenters. The minimum atomic E-state index is 0.107. The lowest BCUT2D eigenvalue weighted by Gasteiger charge is -2.13. The summed E-state index contributed by atoms with van der Waals surface area (Å²) in [4.78, 5) is 12.2. The molecule has 0 radical (unpaired) electrons. The SMILES string of the molecule is O=C(Cc1cccn1-c1ccc(Cl)cc1)NC1CCCC1. The summed E-state index contributed by atoms with van der Waals surface area (Å²) in [7, 11) is 0. The van der Waals surface area contributed by atoms with Crippen molar-refractivity contribution in [3.63, 3.8) is 0 Å². The Bertz CT molecular complexity index is 612. The fraction of sp³-hybridized carbons (Fsp3) is 0.353. The van der Waals surface area contributed by atoms with E-state index in [2.05, 4.69) is 5.32 Å². The lowest BCUT2D eigenvalue weighted by atomic mass is 10.2. The molecule has 4 heteroatoms. The molecule has 21 heavy (non-hydrogen) atoms. The zero-order valence-electron chi connectivity index (χ0n) is 11.9. The van der Waals surface area contributed by atoms with E-state index in [-0.39, 0.29) is 5.91 Å². The van der Waals surface area contributed by atoms with Crippen molar-refractivity contribution in [3.05, 3.63) is 53.3 Å². The molecule has 0 spiro atoms. The molecular formula is C17H19ClN2O. The van der Waals surface area contributed by atoms with Gasteiger partial charge in [-0.05, 0) is 49.2 Å². The molecular weight excluding hydrogens is 284 g/mol. The summed E-state index contributed by atoms with van der Waals surface area (Å²) < 4.78 is 2.03. The van der Waals surface area contributed by atoms with Crippen molar-refractivity contribution in [2.45, 2.75) is 38.1 Å². The van der Waals surface area contributed by atoms with Gasteiger partial charge in [0.25, 0.3) is 0 Å². The summed E-state index contributed by atoms with van der Waals surface area (Å²) >= 11 is 5.92. The Balaban J connectivity index is 1.70. The highest BCUT2D eigenvalue weighted by atomic mass is 35.5. The van der Waals surface area contributed by atoms with Crippen LogP contribution in [-0.4, -0.2) is 16.5 Å². The Kier molecular flexibility index (Phi) is 4.30. The van der Waals surface area contributed by atoms with Crippen LogP contribution in [0.15, 0.2) is 42.6 Å². The average molecular weight is 303 g/mol. The first-order chi connectivity index (χ1) is 10.2. The van der Waals surface area contributed by atoms with Crippen LogP contribution >= 0.6 is 11.6 Å². The van der Waals surface area contributed by atoms with Gasteiger partial charge in [-0.25, -0.2) is 0 Å². The van der Waals surface area contributed by atoms with Gasteiger partial charge >= 0.3 is 0 Å². The van der Waals surface area contributed by atoms with Crippen LogP contribution < -0.4 is 5.32 Å². The van der Waals surface area contributed by atoms with Gasteiger partial charge in [-0.15, -0.1) is 0 Å². The molecule has 1 aliphatic rings. The Morgan fingerprint density at radius 1 is 1.19 bits per heavy atom. The van der Waals surface area contributed by atoms with Gasteiger partial charge in [-0.1, -0.05) is 24.4 Å². The Labute approximate surface area is 129 Å². The second kappa shape index (κ2) is 6.35. The van der Waals surface area contributed by atoms with Gasteiger partial charge in [-0.2, -0.15) is 0 Å². The lowest BCUT2D eigenvalue weighted by molar-refractivity contribution is -0.121. The normalized spacial score (nSPS) is 15.3. The second-order valence-corrected chi connectivity index (χ2v) is 6.01. The highest BCUT2D eigenvalue weighted by Gasteiger charge is 2.18. The van der Waals surface area contributed by atoms with Crippen molar-refractivity contribution < 1.29 is 4.79 Å². The molecule has 0 aliphatic heterocycles. The zero-order valence-corrected chi connectivity index (χ0v) is 12.6. The van der Waals surface area contributed by atoms with Crippen LogP contribution in [0.3, 0.4) is 0 Å². The summed E-state index contributed by atoms with van der Waals surface area (Å²) in [6.07, 6.45) is 7.07. The summed E-state index contributed by atoms with van der Waals surface area (Å²) in [6, 6.07) is 12.0. The highest BCUT2D eigenvalue weighted by molar-refractivity contribution is 6.30. The monoisotopic (exact) mass is 302 g/mol. The van der Waals surface area contributed by atoms with E-state index in [1.165, 1.54) is 12.8 Å². The van der Waals surface area contributed by atoms with Gasteiger partial charge in [-0.3, -0.25) is 4.79 Å². The Hall–Kier alpha value is -1.74. The molecule has 1 amide bonds. The van der Waals surface area contributed by atoms with E-state index in [4.69, 9.17) is 11.6 Å². The number of amides is 1. The molecule has 0 saturated heterocycles. The molecule has 2 aromatic rings. The van der Waals surface area contributed by atoms with Crippen molar-refractivity contribution in [1.29, 1.82) is 0 Å². The van der Waals surface area contributed by atoms with Gasteiger partial charge in [0.2, 0.25) is 5.91 Å². The van der Waals surface area contributed by atoms with Gasteiger partial charge in [0.05, 0.1) is 6.42 Å². The number of benzene rings is 1. The van der Waals surface area contributed by atoms with Crippen LogP contribution in [0.25, 0.3) is 5.69 Å². The van der Waals surface area contributed by atoms with E-state index >= 15 is 0 Å². The highest BCUT2D eigenvalue weighted by Crippen LogP contribution is 2.19. The first-order valence-corrected chi connectivity index (χ1v) is 7.82. The average Bonchev–Trinajstić information content (AvgIpc) is 3.11. The maximum Gasteiger partial charge on any atom is 0.226 e. The number of nitrogens with zero attached hydrogens (tertiary/aromatic N) is 1. The molecule has 1 aliphatic carbocycles. The zero-order chi connectivity index (χ0) is 14.7. The second-order valence-electron chi connectivity index (χ2n) is 5.57. The summed E-state index contributed by atoms with van der Waals surface area (Å²) in [6.45, 7) is 0. The predicted molar refractivity (Wildman–Crippen MR) is 84.9 cm³/mol. The van der Waals surface area contributed by atoms with Crippen molar-refractivity contribution in [2.75, 3.05) is 0 Å². The van der Waals surface area contributed by atoms with Crippen LogP contribution in [0.4, 0.5) is 0 Å². The predicted octanol–water partition coefficient (Wildman–Crippen LogP) is 3.73. The molecule has 0 unspecified atom stereocenters. The number of nitrogens with one attached hydrogen (secondary N) is 1. The molecule has 1 heterocycles. The minimum absolute atomic E-state index is 0.107. The molecule has 1 aromatic heterocycles. The number of carbonyl (C=O) groups is 1. The Morgan fingerprint density at radius 2 is 1.90 bits per heavy atom. The number of hydrogen-bond acceptors (Lipinski definition) is 1. The maximum atomic E-state index is 12.2.